The molecule has 1 aliphatic carbocycles. The molecule has 3 atom stereocenters. The number of carbonyl (C=O) groups excluding carboxylic acids is 1. The average Bonchev–Trinajstić information content (AvgIpc) is 3.02. The van der Waals surface area contributed by atoms with Crippen LogP contribution in [0.2, 0.25) is 0 Å². The van der Waals surface area contributed by atoms with Gasteiger partial charge in [0.25, 0.3) is 0 Å². The number of rotatable bonds is 4. The molecule has 1 aromatic heterocycles. The number of aromatic nitrogens is 1. The molecular weight excluding hydrogens is 428 g/mol. The van der Waals surface area contributed by atoms with E-state index in [4.69, 9.17) is 14.6 Å². The first-order chi connectivity index (χ1) is 13.1. The van der Waals surface area contributed by atoms with Gasteiger partial charge in [0, 0.05) is 23.8 Å². The average molecular weight is 455 g/mol. The van der Waals surface area contributed by atoms with Gasteiger partial charge >= 0.3 is 12.1 Å². The lowest BCUT2D eigenvalue weighted by Crippen LogP contribution is -2.41. The zero-order chi connectivity index (χ0) is 20.5. The van der Waals surface area contributed by atoms with Crippen molar-refractivity contribution in [2.24, 2.45) is 11.8 Å². The SMILES string of the molecule is CC(C)(C)OC(=O)N1CC2CCC(OCC(=O)O)(c3ccc(Br)cn3)CC2C1. The van der Waals surface area contributed by atoms with Crippen molar-refractivity contribution in [3.8, 4) is 0 Å². The van der Waals surface area contributed by atoms with Crippen LogP contribution in [0.5, 0.6) is 0 Å². The lowest BCUT2D eigenvalue weighted by molar-refractivity contribution is -0.156. The van der Waals surface area contributed by atoms with E-state index in [-0.39, 0.29) is 18.6 Å². The van der Waals surface area contributed by atoms with Crippen LogP contribution in [0.3, 0.4) is 0 Å². The first kappa shape index (κ1) is 21.0. The standard InChI is InChI=1S/C20H27BrN2O5/c1-19(2,3)28-18(26)23-10-13-6-7-20(8-14(13)11-23,27-12-17(24)25)16-5-4-15(21)9-22-16/h4-5,9,13-14H,6-8,10-12H2,1-3H3,(H,24,25). The Hall–Kier alpha value is -1.67. The number of carboxylic acid groups (broad SMARTS) is 1. The van der Waals surface area contributed by atoms with E-state index < -0.39 is 17.2 Å². The number of amides is 1. The maximum atomic E-state index is 12.5. The molecule has 2 aliphatic rings. The van der Waals surface area contributed by atoms with Crippen LogP contribution in [-0.4, -0.2) is 52.4 Å². The second kappa shape index (κ2) is 7.99. The van der Waals surface area contributed by atoms with E-state index >= 15 is 0 Å². The van der Waals surface area contributed by atoms with Gasteiger partial charge in [0.2, 0.25) is 0 Å². The number of hydrogen-bond acceptors (Lipinski definition) is 5. The van der Waals surface area contributed by atoms with Gasteiger partial charge in [-0.2, -0.15) is 0 Å². The number of likely N-dealkylation sites (tertiary alicyclic amines) is 1. The molecule has 3 unspecified atom stereocenters. The van der Waals surface area contributed by atoms with Crippen molar-refractivity contribution in [1.29, 1.82) is 0 Å². The summed E-state index contributed by atoms with van der Waals surface area (Å²) in [7, 11) is 0. The predicted molar refractivity (Wildman–Crippen MR) is 106 cm³/mol. The van der Waals surface area contributed by atoms with Crippen molar-refractivity contribution in [2.45, 2.75) is 51.2 Å². The molecule has 0 spiro atoms. The fourth-order valence-corrected chi connectivity index (χ4v) is 4.43. The third-order valence-electron chi connectivity index (χ3n) is 5.41. The fourth-order valence-electron chi connectivity index (χ4n) is 4.20. The zero-order valence-electron chi connectivity index (χ0n) is 16.5. The quantitative estimate of drug-likeness (QED) is 0.743. The molecule has 0 aromatic carbocycles. The highest BCUT2D eigenvalue weighted by Gasteiger charge is 2.48. The Bertz CT molecular complexity index is 733. The monoisotopic (exact) mass is 454 g/mol. The summed E-state index contributed by atoms with van der Waals surface area (Å²) in [6.45, 7) is 6.47. The minimum atomic E-state index is -1.000. The second-order valence-electron chi connectivity index (χ2n) is 8.69. The van der Waals surface area contributed by atoms with Crippen LogP contribution in [0.15, 0.2) is 22.8 Å². The van der Waals surface area contributed by atoms with E-state index in [0.29, 0.717) is 31.8 Å². The lowest BCUT2D eigenvalue weighted by atomic mass is 9.71. The zero-order valence-corrected chi connectivity index (χ0v) is 18.1. The summed E-state index contributed by atoms with van der Waals surface area (Å²) in [4.78, 5) is 29.9. The van der Waals surface area contributed by atoms with Gasteiger partial charge in [0.15, 0.2) is 0 Å². The number of ether oxygens (including phenoxy) is 2. The van der Waals surface area contributed by atoms with Crippen LogP contribution in [0.4, 0.5) is 4.79 Å². The number of halogens is 1. The molecule has 1 saturated heterocycles. The number of pyridine rings is 1. The highest BCUT2D eigenvalue weighted by molar-refractivity contribution is 9.10. The van der Waals surface area contributed by atoms with Crippen molar-refractivity contribution in [3.05, 3.63) is 28.5 Å². The number of fused-ring (bicyclic) bond motifs is 1. The molecule has 1 saturated carbocycles. The van der Waals surface area contributed by atoms with Crippen LogP contribution in [0, 0.1) is 11.8 Å². The highest BCUT2D eigenvalue weighted by atomic mass is 79.9. The van der Waals surface area contributed by atoms with E-state index in [1.807, 2.05) is 32.9 Å². The Morgan fingerprint density at radius 3 is 2.64 bits per heavy atom. The smallest absolute Gasteiger partial charge is 0.410 e. The molecule has 1 aliphatic heterocycles. The number of carbonyl (C=O) groups is 2. The Balaban J connectivity index is 1.77. The molecule has 1 N–H and O–H groups in total. The second-order valence-corrected chi connectivity index (χ2v) is 9.60. The summed E-state index contributed by atoms with van der Waals surface area (Å²) in [5, 5.41) is 9.14. The number of hydrogen-bond donors (Lipinski definition) is 1. The minimum Gasteiger partial charge on any atom is -0.480 e. The third kappa shape index (κ3) is 4.84. The molecule has 2 heterocycles. The fraction of sp³-hybridized carbons (Fsp3) is 0.650. The lowest BCUT2D eigenvalue weighted by Gasteiger charge is -2.41. The third-order valence-corrected chi connectivity index (χ3v) is 5.87. The number of carboxylic acids is 1. The molecule has 1 amide bonds. The molecule has 8 heteroatoms. The summed E-state index contributed by atoms with van der Waals surface area (Å²) in [6, 6.07) is 3.77. The van der Waals surface area contributed by atoms with Crippen LogP contribution in [0.1, 0.15) is 45.7 Å². The first-order valence-electron chi connectivity index (χ1n) is 9.54. The first-order valence-corrected chi connectivity index (χ1v) is 10.3. The molecule has 154 valence electrons. The van der Waals surface area contributed by atoms with E-state index in [2.05, 4.69) is 20.9 Å². The summed E-state index contributed by atoms with van der Waals surface area (Å²) >= 11 is 3.39. The van der Waals surface area contributed by atoms with Crippen molar-refractivity contribution in [3.63, 3.8) is 0 Å². The highest BCUT2D eigenvalue weighted by Crippen LogP contribution is 2.47. The van der Waals surface area contributed by atoms with E-state index in [9.17, 15) is 9.59 Å². The topological polar surface area (TPSA) is 89.0 Å². The van der Waals surface area contributed by atoms with Crippen molar-refractivity contribution in [1.82, 2.24) is 9.88 Å². The molecule has 28 heavy (non-hydrogen) atoms. The van der Waals surface area contributed by atoms with Gasteiger partial charge in [-0.25, -0.2) is 9.59 Å². The van der Waals surface area contributed by atoms with Gasteiger partial charge in [0.1, 0.15) is 17.8 Å². The molecule has 0 radical (unpaired) electrons. The summed E-state index contributed by atoms with van der Waals surface area (Å²) in [5.41, 5.74) is -0.531. The van der Waals surface area contributed by atoms with Gasteiger partial charge in [-0.05, 0) is 79.9 Å². The Labute approximate surface area is 173 Å². The molecule has 1 aromatic rings. The van der Waals surface area contributed by atoms with Crippen molar-refractivity contribution >= 4 is 28.0 Å². The normalized spacial score (nSPS) is 27.4. The van der Waals surface area contributed by atoms with Gasteiger partial charge in [-0.1, -0.05) is 0 Å². The van der Waals surface area contributed by atoms with Crippen LogP contribution in [-0.2, 0) is 19.9 Å². The van der Waals surface area contributed by atoms with Crippen LogP contribution < -0.4 is 0 Å². The Kier molecular flexibility index (Phi) is 6.00. The van der Waals surface area contributed by atoms with Gasteiger partial charge < -0.3 is 19.5 Å². The van der Waals surface area contributed by atoms with E-state index in [0.717, 1.165) is 16.6 Å². The number of aliphatic carboxylic acids is 1. The largest absolute Gasteiger partial charge is 0.480 e. The van der Waals surface area contributed by atoms with Gasteiger partial charge in [0.05, 0.1) is 5.69 Å². The molecule has 0 bridgehead atoms. The van der Waals surface area contributed by atoms with E-state index in [1.54, 1.807) is 11.1 Å². The summed E-state index contributed by atoms with van der Waals surface area (Å²) < 4.78 is 12.3. The molecular formula is C20H27BrN2O5. The van der Waals surface area contributed by atoms with Gasteiger partial charge in [-0.3, -0.25) is 4.98 Å². The molecule has 7 nitrogen and oxygen atoms in total. The molecule has 2 fully saturated rings. The summed E-state index contributed by atoms with van der Waals surface area (Å²) in [6.07, 6.45) is 3.58. The molecule has 3 rings (SSSR count). The summed E-state index contributed by atoms with van der Waals surface area (Å²) in [5.74, 6) is -0.412. The van der Waals surface area contributed by atoms with Crippen molar-refractivity contribution in [2.75, 3.05) is 19.7 Å². The van der Waals surface area contributed by atoms with Crippen molar-refractivity contribution < 1.29 is 24.2 Å². The minimum absolute atomic E-state index is 0.223. The van der Waals surface area contributed by atoms with Gasteiger partial charge in [-0.15, -0.1) is 0 Å². The Morgan fingerprint density at radius 2 is 2.04 bits per heavy atom. The maximum Gasteiger partial charge on any atom is 0.410 e. The number of nitrogens with zero attached hydrogens (tertiary/aromatic N) is 2. The van der Waals surface area contributed by atoms with Crippen LogP contribution in [0.25, 0.3) is 0 Å². The van der Waals surface area contributed by atoms with E-state index in [1.165, 1.54) is 0 Å². The van der Waals surface area contributed by atoms with Crippen LogP contribution >= 0.6 is 15.9 Å². The predicted octanol–water partition coefficient (Wildman–Crippen LogP) is 3.81. The maximum absolute atomic E-state index is 12.5. The Morgan fingerprint density at radius 1 is 1.32 bits per heavy atom.